The maximum atomic E-state index is 11.9. The zero-order valence-corrected chi connectivity index (χ0v) is 14.8. The highest BCUT2D eigenvalue weighted by molar-refractivity contribution is 7.90. The topological polar surface area (TPSA) is 49.4 Å². The Bertz CT molecular complexity index is 626. The molecule has 1 saturated carbocycles. The first-order chi connectivity index (χ1) is 11.0. The molecule has 1 aromatic rings. The number of likely N-dealkylation sites (tertiary alicyclic amines) is 1. The molecular formula is C18H28N2O2S. The second kappa shape index (κ2) is 7.32. The number of aryl methyl sites for hydroxylation is 1. The molecule has 1 heterocycles. The second-order valence-electron chi connectivity index (χ2n) is 7.10. The first-order valence-corrected chi connectivity index (χ1v) is 10.3. The largest absolute Gasteiger partial charge is 0.299 e. The van der Waals surface area contributed by atoms with E-state index >= 15 is 0 Å². The molecule has 0 unspecified atom stereocenters. The number of nitrogens with zero attached hydrogens (tertiary/aromatic N) is 1. The van der Waals surface area contributed by atoms with Crippen LogP contribution < -0.4 is 4.72 Å². The third kappa shape index (κ3) is 4.78. The third-order valence-corrected chi connectivity index (χ3v) is 7.03. The Morgan fingerprint density at radius 1 is 1.22 bits per heavy atom. The summed E-state index contributed by atoms with van der Waals surface area (Å²) in [5.41, 5.74) is 2.76. The van der Waals surface area contributed by atoms with Crippen molar-refractivity contribution in [2.24, 2.45) is 5.92 Å². The molecule has 1 atom stereocenters. The molecule has 23 heavy (non-hydrogen) atoms. The monoisotopic (exact) mass is 336 g/mol. The molecular weight excluding hydrogens is 308 g/mol. The molecule has 0 radical (unpaired) electrons. The van der Waals surface area contributed by atoms with Crippen LogP contribution in [0.15, 0.2) is 24.3 Å². The molecule has 0 bridgehead atoms. The predicted octanol–water partition coefficient (Wildman–Crippen LogP) is 2.68. The highest BCUT2D eigenvalue weighted by Crippen LogP contribution is 2.27. The van der Waals surface area contributed by atoms with E-state index < -0.39 is 10.0 Å². The van der Waals surface area contributed by atoms with Gasteiger partial charge in [0, 0.05) is 19.6 Å². The fourth-order valence-electron chi connectivity index (χ4n) is 3.46. The molecule has 2 fully saturated rings. The Morgan fingerprint density at radius 3 is 2.74 bits per heavy atom. The Morgan fingerprint density at radius 2 is 2.00 bits per heavy atom. The van der Waals surface area contributed by atoms with Gasteiger partial charge in [0.05, 0.1) is 5.25 Å². The summed E-state index contributed by atoms with van der Waals surface area (Å²) >= 11 is 0. The van der Waals surface area contributed by atoms with Gasteiger partial charge in [-0.2, -0.15) is 0 Å². The molecule has 1 saturated heterocycles. The van der Waals surface area contributed by atoms with E-state index in [0.717, 1.165) is 38.9 Å². The lowest BCUT2D eigenvalue weighted by Gasteiger charge is -2.33. The molecule has 128 valence electrons. The summed E-state index contributed by atoms with van der Waals surface area (Å²) in [6.45, 7) is 6.01. The number of piperidine rings is 1. The molecule has 5 heteroatoms. The quantitative estimate of drug-likeness (QED) is 0.833. The molecule has 3 rings (SSSR count). The smallest absolute Gasteiger partial charge is 0.214 e. The molecule has 1 aliphatic carbocycles. The molecule has 2 aliphatic rings. The minimum Gasteiger partial charge on any atom is -0.299 e. The maximum Gasteiger partial charge on any atom is 0.214 e. The maximum absolute atomic E-state index is 11.9. The molecule has 1 N–H and O–H groups in total. The van der Waals surface area contributed by atoms with Crippen LogP contribution in [0.2, 0.25) is 0 Å². The van der Waals surface area contributed by atoms with Gasteiger partial charge in [0.15, 0.2) is 0 Å². The van der Waals surface area contributed by atoms with Gasteiger partial charge in [-0.3, -0.25) is 4.90 Å². The van der Waals surface area contributed by atoms with E-state index in [9.17, 15) is 8.42 Å². The lowest BCUT2D eigenvalue weighted by atomic mass is 9.94. The average Bonchev–Trinajstić information content (AvgIpc) is 3.35. The fraction of sp³-hybridized carbons (Fsp3) is 0.667. The Labute approximate surface area is 140 Å². The van der Waals surface area contributed by atoms with E-state index in [0.29, 0.717) is 12.5 Å². The molecule has 0 spiro atoms. The van der Waals surface area contributed by atoms with Crippen molar-refractivity contribution in [1.82, 2.24) is 9.62 Å². The minimum absolute atomic E-state index is 0.105. The van der Waals surface area contributed by atoms with Crippen molar-refractivity contribution in [2.45, 2.75) is 50.8 Å². The van der Waals surface area contributed by atoms with Crippen LogP contribution in [0.25, 0.3) is 0 Å². The van der Waals surface area contributed by atoms with Crippen molar-refractivity contribution in [3.05, 3.63) is 35.4 Å². The Kier molecular flexibility index (Phi) is 5.39. The van der Waals surface area contributed by atoms with E-state index in [1.165, 1.54) is 24.0 Å². The van der Waals surface area contributed by atoms with Crippen molar-refractivity contribution in [3.8, 4) is 0 Å². The highest BCUT2D eigenvalue weighted by atomic mass is 32.2. The fourth-order valence-corrected chi connectivity index (χ4v) is 4.86. The van der Waals surface area contributed by atoms with Crippen molar-refractivity contribution in [2.75, 3.05) is 19.6 Å². The molecule has 1 aromatic carbocycles. The van der Waals surface area contributed by atoms with Crippen molar-refractivity contribution in [1.29, 1.82) is 0 Å². The lowest BCUT2D eigenvalue weighted by molar-refractivity contribution is 0.162. The second-order valence-corrected chi connectivity index (χ2v) is 9.14. The van der Waals surface area contributed by atoms with Gasteiger partial charge in [0.25, 0.3) is 0 Å². The summed E-state index contributed by atoms with van der Waals surface area (Å²) in [7, 11) is -3.02. The van der Waals surface area contributed by atoms with Crippen molar-refractivity contribution < 1.29 is 8.42 Å². The van der Waals surface area contributed by atoms with Gasteiger partial charge < -0.3 is 0 Å². The standard InChI is InChI=1S/C18H28N2O2S/c1-15-5-2-3-7-17(15)14-20-12-4-6-16(13-20)10-11-19-23(21,22)18-8-9-18/h2-3,5,7,16,18-19H,4,6,8-14H2,1H3/t16-/m1/s1. The van der Waals surface area contributed by atoms with Gasteiger partial charge in [-0.05, 0) is 62.6 Å². The molecule has 4 nitrogen and oxygen atoms in total. The summed E-state index contributed by atoms with van der Waals surface area (Å²) in [5.74, 6) is 0.606. The van der Waals surface area contributed by atoms with Crippen molar-refractivity contribution >= 4 is 10.0 Å². The first-order valence-electron chi connectivity index (χ1n) is 8.80. The third-order valence-electron chi connectivity index (χ3n) is 5.08. The van der Waals surface area contributed by atoms with Gasteiger partial charge >= 0.3 is 0 Å². The van der Waals surface area contributed by atoms with Crippen LogP contribution in [0.5, 0.6) is 0 Å². The lowest BCUT2D eigenvalue weighted by Crippen LogP contribution is -2.37. The summed E-state index contributed by atoms with van der Waals surface area (Å²) < 4.78 is 26.5. The van der Waals surface area contributed by atoms with E-state index in [4.69, 9.17) is 0 Å². The van der Waals surface area contributed by atoms with Crippen LogP contribution in [0.3, 0.4) is 0 Å². The zero-order chi connectivity index (χ0) is 16.3. The van der Waals surface area contributed by atoms with Crippen LogP contribution in [0.1, 0.15) is 43.2 Å². The van der Waals surface area contributed by atoms with Gasteiger partial charge in [0.2, 0.25) is 10.0 Å². The number of hydrogen-bond acceptors (Lipinski definition) is 3. The van der Waals surface area contributed by atoms with Crippen LogP contribution >= 0.6 is 0 Å². The van der Waals surface area contributed by atoms with E-state index in [2.05, 4.69) is 40.8 Å². The first kappa shape index (κ1) is 16.9. The number of sulfonamides is 1. The summed E-state index contributed by atoms with van der Waals surface area (Å²) in [5, 5.41) is -0.105. The normalized spacial score (nSPS) is 23.1. The highest BCUT2D eigenvalue weighted by Gasteiger charge is 2.35. The number of benzene rings is 1. The molecule has 0 amide bonds. The number of nitrogens with one attached hydrogen (secondary N) is 1. The van der Waals surface area contributed by atoms with Crippen LogP contribution in [0, 0.1) is 12.8 Å². The van der Waals surface area contributed by atoms with Crippen LogP contribution in [-0.4, -0.2) is 38.2 Å². The van der Waals surface area contributed by atoms with E-state index in [1.807, 2.05) is 0 Å². The van der Waals surface area contributed by atoms with E-state index in [-0.39, 0.29) is 5.25 Å². The van der Waals surface area contributed by atoms with Gasteiger partial charge in [0.1, 0.15) is 0 Å². The molecule has 0 aromatic heterocycles. The molecule has 1 aliphatic heterocycles. The van der Waals surface area contributed by atoms with Crippen molar-refractivity contribution in [3.63, 3.8) is 0 Å². The van der Waals surface area contributed by atoms with Gasteiger partial charge in [-0.15, -0.1) is 0 Å². The van der Waals surface area contributed by atoms with Crippen LogP contribution in [0.4, 0.5) is 0 Å². The summed E-state index contributed by atoms with van der Waals surface area (Å²) in [6.07, 6.45) is 5.06. The van der Waals surface area contributed by atoms with Gasteiger partial charge in [-0.25, -0.2) is 13.1 Å². The van der Waals surface area contributed by atoms with E-state index in [1.54, 1.807) is 0 Å². The predicted molar refractivity (Wildman–Crippen MR) is 93.7 cm³/mol. The van der Waals surface area contributed by atoms with Crippen LogP contribution in [-0.2, 0) is 16.6 Å². The average molecular weight is 337 g/mol. The zero-order valence-electron chi connectivity index (χ0n) is 14.0. The number of rotatable bonds is 7. The summed E-state index contributed by atoms with van der Waals surface area (Å²) in [6, 6.07) is 8.58. The number of hydrogen-bond donors (Lipinski definition) is 1. The minimum atomic E-state index is -3.02. The Balaban J connectivity index is 1.45. The summed E-state index contributed by atoms with van der Waals surface area (Å²) in [4.78, 5) is 2.52. The SMILES string of the molecule is Cc1ccccc1CN1CCC[C@H](CCNS(=O)(=O)C2CC2)C1. The Hall–Kier alpha value is -0.910. The van der Waals surface area contributed by atoms with Gasteiger partial charge in [-0.1, -0.05) is 24.3 Å².